The Balaban J connectivity index is 2.02. The molecule has 6 nitrogen and oxygen atoms in total. The van der Waals surface area contributed by atoms with Gasteiger partial charge in [-0.1, -0.05) is 13.3 Å². The molecule has 1 amide bonds. The lowest BCUT2D eigenvalue weighted by Crippen LogP contribution is -2.37. The lowest BCUT2D eigenvalue weighted by molar-refractivity contribution is 0.0797. The van der Waals surface area contributed by atoms with Crippen LogP contribution >= 0.6 is 11.3 Å². The zero-order valence-corrected chi connectivity index (χ0v) is 16.3. The molecule has 1 fully saturated rings. The highest BCUT2D eigenvalue weighted by Crippen LogP contribution is 2.36. The molecular formula is C18H26N4O2S. The maximum atomic E-state index is 12.9. The summed E-state index contributed by atoms with van der Waals surface area (Å²) in [5, 5.41) is 1.02. The van der Waals surface area contributed by atoms with E-state index in [-0.39, 0.29) is 5.91 Å². The molecule has 0 spiro atoms. The Morgan fingerprint density at radius 3 is 2.68 bits per heavy atom. The molecule has 0 N–H and O–H groups in total. The lowest BCUT2D eigenvalue weighted by Gasteiger charge is -2.28. The summed E-state index contributed by atoms with van der Waals surface area (Å²) in [5.74, 6) is 1.77. The normalized spacial score (nSPS) is 15.0. The maximum Gasteiger partial charge on any atom is 0.264 e. The van der Waals surface area contributed by atoms with E-state index in [1.165, 1.54) is 11.3 Å². The number of thiophene rings is 1. The average Bonchev–Trinajstić information content (AvgIpc) is 2.95. The van der Waals surface area contributed by atoms with Crippen LogP contribution in [0.3, 0.4) is 0 Å². The van der Waals surface area contributed by atoms with Crippen molar-refractivity contribution in [1.29, 1.82) is 0 Å². The summed E-state index contributed by atoms with van der Waals surface area (Å²) < 4.78 is 5.46. The zero-order valence-electron chi connectivity index (χ0n) is 15.5. The van der Waals surface area contributed by atoms with Crippen LogP contribution in [0.25, 0.3) is 10.2 Å². The number of anilines is 1. The van der Waals surface area contributed by atoms with Gasteiger partial charge in [0.15, 0.2) is 0 Å². The summed E-state index contributed by atoms with van der Waals surface area (Å²) in [6.07, 6.45) is 2.10. The van der Waals surface area contributed by atoms with E-state index in [4.69, 9.17) is 9.72 Å². The van der Waals surface area contributed by atoms with Crippen LogP contribution in [0.15, 0.2) is 0 Å². The fourth-order valence-corrected chi connectivity index (χ4v) is 4.32. The molecule has 0 atom stereocenters. The second-order valence-corrected chi connectivity index (χ2v) is 7.51. The predicted octanol–water partition coefficient (Wildman–Crippen LogP) is 3.02. The molecule has 7 heteroatoms. The number of carbonyl (C=O) groups excluding carboxylic acids is 1. The second kappa shape index (κ2) is 7.66. The van der Waals surface area contributed by atoms with Crippen LogP contribution in [-0.4, -0.2) is 60.7 Å². The Kier molecular flexibility index (Phi) is 5.54. The van der Waals surface area contributed by atoms with Gasteiger partial charge in [-0.25, -0.2) is 9.97 Å². The third-order valence-electron chi connectivity index (χ3n) is 4.58. The van der Waals surface area contributed by atoms with Gasteiger partial charge in [-0.2, -0.15) is 0 Å². The summed E-state index contributed by atoms with van der Waals surface area (Å²) in [5.41, 5.74) is 0.995. The summed E-state index contributed by atoms with van der Waals surface area (Å²) >= 11 is 1.49. The molecule has 1 aliphatic rings. The van der Waals surface area contributed by atoms with Crippen molar-refractivity contribution in [3.63, 3.8) is 0 Å². The van der Waals surface area contributed by atoms with Gasteiger partial charge in [0.1, 0.15) is 16.5 Å². The smallest absolute Gasteiger partial charge is 0.264 e. The van der Waals surface area contributed by atoms with Gasteiger partial charge in [-0.3, -0.25) is 4.79 Å². The molecule has 0 saturated carbocycles. The molecular weight excluding hydrogens is 336 g/mol. The van der Waals surface area contributed by atoms with E-state index in [0.717, 1.165) is 64.8 Å². The number of nitrogens with zero attached hydrogens (tertiary/aromatic N) is 4. The highest BCUT2D eigenvalue weighted by molar-refractivity contribution is 7.20. The van der Waals surface area contributed by atoms with E-state index < -0.39 is 0 Å². The molecule has 0 radical (unpaired) electrons. The van der Waals surface area contributed by atoms with Gasteiger partial charge in [0, 0.05) is 26.7 Å². The number of hydrogen-bond donors (Lipinski definition) is 0. The van der Waals surface area contributed by atoms with Gasteiger partial charge in [0.2, 0.25) is 0 Å². The van der Waals surface area contributed by atoms with Crippen molar-refractivity contribution in [3.8, 4) is 0 Å². The lowest BCUT2D eigenvalue weighted by atomic mass is 10.1. The maximum absolute atomic E-state index is 12.9. The number of rotatable bonds is 5. The van der Waals surface area contributed by atoms with E-state index >= 15 is 0 Å². The van der Waals surface area contributed by atoms with Crippen molar-refractivity contribution in [1.82, 2.24) is 14.9 Å². The number of ether oxygens (including phenoxy) is 1. The first-order valence-electron chi connectivity index (χ1n) is 8.88. The van der Waals surface area contributed by atoms with Crippen LogP contribution in [0, 0.1) is 13.8 Å². The number of aryl methyl sites for hydroxylation is 2. The van der Waals surface area contributed by atoms with E-state index in [0.29, 0.717) is 13.2 Å². The number of fused-ring (bicyclic) bond motifs is 1. The minimum absolute atomic E-state index is 0.0829. The summed E-state index contributed by atoms with van der Waals surface area (Å²) in [4.78, 5) is 27.9. The van der Waals surface area contributed by atoms with Crippen LogP contribution in [-0.2, 0) is 4.74 Å². The molecule has 2 aromatic heterocycles. The molecule has 3 heterocycles. The topological polar surface area (TPSA) is 58.6 Å². The minimum atomic E-state index is 0.0829. The molecule has 3 rings (SSSR count). The standard InChI is InChI=1S/C18H26N4O2S/c1-5-6-7-21(4)18(23)15-12(2)14-16(22-8-10-24-11-9-22)19-13(3)20-17(14)25-15/h5-11H2,1-4H3. The third kappa shape index (κ3) is 3.62. The van der Waals surface area contributed by atoms with Gasteiger partial charge in [0.25, 0.3) is 5.91 Å². The Hall–Kier alpha value is -1.73. The summed E-state index contributed by atoms with van der Waals surface area (Å²) in [7, 11) is 1.88. The molecule has 1 aliphatic heterocycles. The fourth-order valence-electron chi connectivity index (χ4n) is 3.10. The number of carbonyl (C=O) groups is 1. The van der Waals surface area contributed by atoms with Crippen molar-refractivity contribution < 1.29 is 9.53 Å². The molecule has 0 unspecified atom stereocenters. The monoisotopic (exact) mass is 362 g/mol. The first-order valence-corrected chi connectivity index (χ1v) is 9.70. The molecule has 0 aromatic carbocycles. The van der Waals surface area contributed by atoms with Crippen molar-refractivity contribution >= 4 is 33.3 Å². The van der Waals surface area contributed by atoms with Crippen molar-refractivity contribution in [3.05, 3.63) is 16.3 Å². The Morgan fingerprint density at radius 1 is 1.28 bits per heavy atom. The second-order valence-electron chi connectivity index (χ2n) is 6.51. The number of aromatic nitrogens is 2. The van der Waals surface area contributed by atoms with Crippen LogP contribution in [0.5, 0.6) is 0 Å². The molecule has 0 aliphatic carbocycles. The number of amides is 1. The summed E-state index contributed by atoms with van der Waals surface area (Å²) in [6, 6.07) is 0. The minimum Gasteiger partial charge on any atom is -0.378 e. The van der Waals surface area contributed by atoms with Gasteiger partial charge in [-0.05, 0) is 25.8 Å². The first-order chi connectivity index (χ1) is 12.0. The van der Waals surface area contributed by atoms with Gasteiger partial charge in [-0.15, -0.1) is 11.3 Å². The Morgan fingerprint density at radius 2 is 2.00 bits per heavy atom. The first kappa shape index (κ1) is 18.1. The predicted molar refractivity (Wildman–Crippen MR) is 102 cm³/mol. The molecule has 25 heavy (non-hydrogen) atoms. The van der Waals surface area contributed by atoms with Gasteiger partial charge in [0.05, 0.1) is 23.5 Å². The van der Waals surface area contributed by atoms with Crippen molar-refractivity contribution in [2.45, 2.75) is 33.6 Å². The molecule has 1 saturated heterocycles. The van der Waals surface area contributed by atoms with E-state index in [9.17, 15) is 4.79 Å². The number of unbranched alkanes of at least 4 members (excludes halogenated alkanes) is 1. The zero-order chi connectivity index (χ0) is 18.0. The van der Waals surface area contributed by atoms with Gasteiger partial charge < -0.3 is 14.5 Å². The van der Waals surface area contributed by atoms with Crippen LogP contribution < -0.4 is 4.90 Å². The fraction of sp³-hybridized carbons (Fsp3) is 0.611. The average molecular weight is 362 g/mol. The highest BCUT2D eigenvalue weighted by atomic mass is 32.1. The number of hydrogen-bond acceptors (Lipinski definition) is 6. The van der Waals surface area contributed by atoms with E-state index in [2.05, 4.69) is 16.8 Å². The molecule has 136 valence electrons. The van der Waals surface area contributed by atoms with Crippen molar-refractivity contribution in [2.24, 2.45) is 0 Å². The Labute approximate surface area is 152 Å². The number of morpholine rings is 1. The summed E-state index contributed by atoms with van der Waals surface area (Å²) in [6.45, 7) is 9.90. The Bertz CT molecular complexity index is 768. The van der Waals surface area contributed by atoms with Crippen LogP contribution in [0.1, 0.15) is 40.8 Å². The van der Waals surface area contributed by atoms with Gasteiger partial charge >= 0.3 is 0 Å². The quantitative estimate of drug-likeness (QED) is 0.818. The highest BCUT2D eigenvalue weighted by Gasteiger charge is 2.25. The van der Waals surface area contributed by atoms with Crippen LogP contribution in [0.2, 0.25) is 0 Å². The largest absolute Gasteiger partial charge is 0.378 e. The third-order valence-corrected chi connectivity index (χ3v) is 5.76. The molecule has 2 aromatic rings. The van der Waals surface area contributed by atoms with Crippen LogP contribution in [0.4, 0.5) is 5.82 Å². The SMILES string of the molecule is CCCCN(C)C(=O)c1sc2nc(C)nc(N3CCOCC3)c2c1C. The molecule has 0 bridgehead atoms. The van der Waals surface area contributed by atoms with E-state index in [1.54, 1.807) is 0 Å². The van der Waals surface area contributed by atoms with E-state index in [1.807, 2.05) is 25.8 Å². The van der Waals surface area contributed by atoms with Crippen molar-refractivity contribution in [2.75, 3.05) is 44.8 Å².